The lowest BCUT2D eigenvalue weighted by Gasteiger charge is -2.22. The Bertz CT molecular complexity index is 885. The van der Waals surface area contributed by atoms with Gasteiger partial charge in [0.2, 0.25) is 0 Å². The highest BCUT2D eigenvalue weighted by atomic mass is 35.5. The third-order valence-corrected chi connectivity index (χ3v) is 4.45. The number of hydrogen-bond acceptors (Lipinski definition) is 4. The third-order valence-electron chi connectivity index (χ3n) is 4.20. The Kier molecular flexibility index (Phi) is 5.77. The molecular formula is C22H23ClFNO3. The van der Waals surface area contributed by atoms with E-state index in [2.05, 4.69) is 0 Å². The minimum atomic E-state index is -0.572. The molecule has 148 valence electrons. The van der Waals surface area contributed by atoms with Crippen LogP contribution < -0.4 is 5.06 Å². The van der Waals surface area contributed by atoms with Gasteiger partial charge in [0, 0.05) is 10.6 Å². The molecule has 0 spiro atoms. The zero-order chi connectivity index (χ0) is 20.5. The molecule has 0 saturated heterocycles. The van der Waals surface area contributed by atoms with Gasteiger partial charge in [0.25, 0.3) is 0 Å². The van der Waals surface area contributed by atoms with Gasteiger partial charge in [0.05, 0.1) is 17.8 Å². The summed E-state index contributed by atoms with van der Waals surface area (Å²) in [5.74, 6) is -0.660. The van der Waals surface area contributed by atoms with Gasteiger partial charge in [-0.2, -0.15) is 0 Å². The number of nitrogens with zero attached hydrogens (tertiary/aromatic N) is 1. The molecule has 0 aliphatic carbocycles. The highest BCUT2D eigenvalue weighted by Gasteiger charge is 2.34. The van der Waals surface area contributed by atoms with Crippen LogP contribution in [0.15, 0.2) is 54.1 Å². The highest BCUT2D eigenvalue weighted by Crippen LogP contribution is 2.39. The van der Waals surface area contributed by atoms with Gasteiger partial charge in [-0.3, -0.25) is 9.63 Å². The number of rotatable bonds is 4. The Morgan fingerprint density at radius 3 is 2.32 bits per heavy atom. The van der Waals surface area contributed by atoms with Crippen molar-refractivity contribution >= 4 is 29.0 Å². The summed E-state index contributed by atoms with van der Waals surface area (Å²) in [6, 6.07) is 13.3. The first-order valence-corrected chi connectivity index (χ1v) is 9.45. The van der Waals surface area contributed by atoms with Crippen LogP contribution in [-0.2, 0) is 14.4 Å². The number of carbonyl (C=O) groups excluding carboxylic acids is 1. The van der Waals surface area contributed by atoms with Gasteiger partial charge in [0.1, 0.15) is 17.5 Å². The van der Waals surface area contributed by atoms with Crippen LogP contribution in [0.2, 0.25) is 5.02 Å². The quantitative estimate of drug-likeness (QED) is 0.608. The van der Waals surface area contributed by atoms with Gasteiger partial charge in [0.15, 0.2) is 0 Å². The molecule has 0 unspecified atom stereocenters. The maximum Gasteiger partial charge on any atom is 0.310 e. The molecule has 0 radical (unpaired) electrons. The molecule has 0 bridgehead atoms. The fourth-order valence-electron chi connectivity index (χ4n) is 3.03. The summed E-state index contributed by atoms with van der Waals surface area (Å²) in [4.78, 5) is 18.5. The number of hydroxylamine groups is 1. The molecule has 2 aromatic carbocycles. The zero-order valence-electron chi connectivity index (χ0n) is 16.3. The standard InChI is InChI=1S/C22H23ClFNO3/c1-14-19(13-20(26)27-22(2,3)4)21(15-5-7-16(23)8-6-15)25(28-14)18-11-9-17(24)10-12-18/h5-12,14H,13H2,1-4H3/t14-/m1/s1. The van der Waals surface area contributed by atoms with E-state index in [4.69, 9.17) is 21.2 Å². The summed E-state index contributed by atoms with van der Waals surface area (Å²) in [6.45, 7) is 7.37. The molecule has 0 saturated carbocycles. The summed E-state index contributed by atoms with van der Waals surface area (Å²) in [5.41, 5.74) is 2.47. The van der Waals surface area contributed by atoms with Crippen molar-refractivity contribution < 1.29 is 18.8 Å². The third kappa shape index (κ3) is 4.72. The van der Waals surface area contributed by atoms with E-state index in [1.165, 1.54) is 12.1 Å². The van der Waals surface area contributed by atoms with Crippen molar-refractivity contribution in [1.82, 2.24) is 0 Å². The SMILES string of the molecule is C[C@H]1ON(c2ccc(F)cc2)C(c2ccc(Cl)cc2)=C1CC(=O)OC(C)(C)C. The maximum absolute atomic E-state index is 13.4. The number of benzene rings is 2. The van der Waals surface area contributed by atoms with Crippen LogP contribution in [0.4, 0.5) is 10.1 Å². The van der Waals surface area contributed by atoms with Crippen LogP contribution in [-0.4, -0.2) is 17.7 Å². The van der Waals surface area contributed by atoms with E-state index in [0.29, 0.717) is 10.7 Å². The molecule has 2 aromatic rings. The lowest BCUT2D eigenvalue weighted by atomic mass is 10.00. The van der Waals surface area contributed by atoms with Gasteiger partial charge >= 0.3 is 5.97 Å². The van der Waals surface area contributed by atoms with Crippen molar-refractivity contribution in [2.24, 2.45) is 0 Å². The van der Waals surface area contributed by atoms with Crippen molar-refractivity contribution in [3.63, 3.8) is 0 Å². The summed E-state index contributed by atoms with van der Waals surface area (Å²) < 4.78 is 18.9. The van der Waals surface area contributed by atoms with Crippen LogP contribution in [0.3, 0.4) is 0 Å². The Balaban J connectivity index is 2.03. The molecule has 0 fully saturated rings. The first-order valence-electron chi connectivity index (χ1n) is 9.07. The zero-order valence-corrected chi connectivity index (χ0v) is 17.1. The van der Waals surface area contributed by atoms with Crippen molar-refractivity contribution in [3.8, 4) is 0 Å². The number of halogens is 2. The Hall–Kier alpha value is -2.37. The van der Waals surface area contributed by atoms with Gasteiger partial charge in [-0.25, -0.2) is 9.45 Å². The van der Waals surface area contributed by atoms with Gasteiger partial charge in [-0.05, 0) is 69.7 Å². The Morgan fingerprint density at radius 1 is 1.14 bits per heavy atom. The van der Waals surface area contributed by atoms with E-state index in [0.717, 1.165) is 16.8 Å². The lowest BCUT2D eigenvalue weighted by Crippen LogP contribution is -2.24. The number of carbonyl (C=O) groups is 1. The summed E-state index contributed by atoms with van der Waals surface area (Å²) in [7, 11) is 0. The predicted octanol–water partition coefficient (Wildman–Crippen LogP) is 5.76. The Labute approximate surface area is 169 Å². The van der Waals surface area contributed by atoms with Crippen LogP contribution >= 0.6 is 11.6 Å². The summed E-state index contributed by atoms with van der Waals surface area (Å²) >= 11 is 6.03. The molecule has 1 heterocycles. The van der Waals surface area contributed by atoms with Crippen LogP contribution in [0.5, 0.6) is 0 Å². The second-order valence-corrected chi connectivity index (χ2v) is 8.10. The van der Waals surface area contributed by atoms with Gasteiger partial charge in [-0.15, -0.1) is 0 Å². The molecular weight excluding hydrogens is 381 g/mol. The van der Waals surface area contributed by atoms with Crippen LogP contribution in [0, 0.1) is 5.82 Å². The van der Waals surface area contributed by atoms with E-state index >= 15 is 0 Å². The van der Waals surface area contributed by atoms with Crippen LogP contribution in [0.25, 0.3) is 5.70 Å². The van der Waals surface area contributed by atoms with Gasteiger partial charge < -0.3 is 4.74 Å². The first-order chi connectivity index (χ1) is 13.1. The molecule has 1 aliphatic heterocycles. The largest absolute Gasteiger partial charge is 0.460 e. The van der Waals surface area contributed by atoms with E-state index < -0.39 is 5.60 Å². The minimum absolute atomic E-state index is 0.0914. The molecule has 3 rings (SSSR count). The topological polar surface area (TPSA) is 38.8 Å². The molecule has 4 nitrogen and oxygen atoms in total. The second kappa shape index (κ2) is 7.94. The predicted molar refractivity (Wildman–Crippen MR) is 108 cm³/mol. The van der Waals surface area contributed by atoms with Crippen molar-refractivity contribution in [2.75, 3.05) is 5.06 Å². The molecule has 0 amide bonds. The molecule has 0 aromatic heterocycles. The molecule has 0 N–H and O–H groups in total. The number of anilines is 1. The fourth-order valence-corrected chi connectivity index (χ4v) is 3.16. The molecule has 1 aliphatic rings. The minimum Gasteiger partial charge on any atom is -0.460 e. The van der Waals surface area contributed by atoms with E-state index in [1.807, 2.05) is 39.8 Å². The number of ether oxygens (including phenoxy) is 1. The monoisotopic (exact) mass is 403 g/mol. The smallest absolute Gasteiger partial charge is 0.310 e. The highest BCUT2D eigenvalue weighted by molar-refractivity contribution is 6.30. The van der Waals surface area contributed by atoms with Crippen molar-refractivity contribution in [3.05, 3.63) is 70.5 Å². The molecule has 28 heavy (non-hydrogen) atoms. The fraction of sp³-hybridized carbons (Fsp3) is 0.318. The lowest BCUT2D eigenvalue weighted by molar-refractivity contribution is -0.154. The first kappa shape index (κ1) is 20.4. The van der Waals surface area contributed by atoms with Crippen molar-refractivity contribution in [2.45, 2.75) is 45.8 Å². The number of hydrogen-bond donors (Lipinski definition) is 0. The molecule has 1 atom stereocenters. The van der Waals surface area contributed by atoms with Crippen molar-refractivity contribution in [1.29, 1.82) is 0 Å². The van der Waals surface area contributed by atoms with E-state index in [-0.39, 0.29) is 24.3 Å². The second-order valence-electron chi connectivity index (χ2n) is 7.66. The normalized spacial score (nSPS) is 17.2. The summed E-state index contributed by atoms with van der Waals surface area (Å²) in [6.07, 6.45) is -0.253. The van der Waals surface area contributed by atoms with E-state index in [1.54, 1.807) is 29.3 Å². The molecule has 6 heteroatoms. The maximum atomic E-state index is 13.4. The van der Waals surface area contributed by atoms with E-state index in [9.17, 15) is 9.18 Å². The summed E-state index contributed by atoms with van der Waals surface area (Å²) in [5, 5.41) is 2.24. The average molecular weight is 404 g/mol. The number of esters is 1. The Morgan fingerprint density at radius 2 is 1.75 bits per heavy atom. The van der Waals surface area contributed by atoms with Gasteiger partial charge in [-0.1, -0.05) is 23.7 Å². The average Bonchev–Trinajstić information content (AvgIpc) is 2.91. The van der Waals surface area contributed by atoms with Crippen LogP contribution in [0.1, 0.15) is 39.7 Å².